The van der Waals surface area contributed by atoms with Gasteiger partial charge in [-0.05, 0) is 36.1 Å². The summed E-state index contributed by atoms with van der Waals surface area (Å²) in [5.41, 5.74) is 0.105. The molecule has 3 aliphatic rings. The van der Waals surface area contributed by atoms with Crippen molar-refractivity contribution in [2.24, 2.45) is 0 Å². The van der Waals surface area contributed by atoms with E-state index in [4.69, 9.17) is 4.74 Å². The number of hydrogen-bond acceptors (Lipinski definition) is 7. The molecule has 2 heterocycles. The number of hydrogen-bond donors (Lipinski definition) is 1. The minimum Gasteiger partial charge on any atom is -0.379 e. The molecule has 0 atom stereocenters. The molecule has 0 aromatic carbocycles. The van der Waals surface area contributed by atoms with Crippen LogP contribution in [0.3, 0.4) is 0 Å². The van der Waals surface area contributed by atoms with Crippen LogP contribution in [-0.2, 0) is 9.53 Å². The number of morpholine rings is 1. The lowest BCUT2D eigenvalue weighted by atomic mass is 9.79. The predicted molar refractivity (Wildman–Crippen MR) is 107 cm³/mol. The molecule has 9 heteroatoms. The summed E-state index contributed by atoms with van der Waals surface area (Å²) < 4.78 is 7.46. The zero-order valence-corrected chi connectivity index (χ0v) is 17.5. The van der Waals surface area contributed by atoms with Crippen molar-refractivity contribution in [1.29, 1.82) is 0 Å². The largest absolute Gasteiger partial charge is 0.379 e. The van der Waals surface area contributed by atoms with E-state index in [9.17, 15) is 4.79 Å². The highest BCUT2D eigenvalue weighted by atomic mass is 32.2. The zero-order valence-electron chi connectivity index (χ0n) is 16.6. The number of aromatic nitrogens is 4. The number of rotatable bonds is 7. The van der Waals surface area contributed by atoms with Crippen LogP contribution in [0.15, 0.2) is 5.16 Å². The number of nitrogens with zero attached hydrogens (tertiary/aromatic N) is 5. The summed E-state index contributed by atoms with van der Waals surface area (Å²) in [6.07, 6.45) is 10.9. The second kappa shape index (κ2) is 9.54. The van der Waals surface area contributed by atoms with Gasteiger partial charge in [0.05, 0.1) is 25.0 Å². The Bertz CT molecular complexity index is 636. The van der Waals surface area contributed by atoms with E-state index in [1.807, 2.05) is 4.68 Å². The van der Waals surface area contributed by atoms with E-state index >= 15 is 0 Å². The molecule has 2 aliphatic carbocycles. The highest BCUT2D eigenvalue weighted by Crippen LogP contribution is 2.34. The topological polar surface area (TPSA) is 85.2 Å². The summed E-state index contributed by atoms with van der Waals surface area (Å²) in [6, 6.07) is 0.396. The molecule has 0 radical (unpaired) electrons. The molecule has 0 bridgehead atoms. The molecular weight excluding hydrogens is 376 g/mol. The van der Waals surface area contributed by atoms with Gasteiger partial charge in [0, 0.05) is 25.2 Å². The van der Waals surface area contributed by atoms with Crippen LogP contribution in [0.25, 0.3) is 0 Å². The van der Waals surface area contributed by atoms with Gasteiger partial charge in [0.1, 0.15) is 0 Å². The summed E-state index contributed by atoms with van der Waals surface area (Å²) in [5.74, 6) is 0.441. The van der Waals surface area contributed by atoms with E-state index in [1.54, 1.807) is 0 Å². The molecule has 1 amide bonds. The minimum atomic E-state index is 0.0733. The average molecular weight is 409 g/mol. The van der Waals surface area contributed by atoms with Crippen molar-refractivity contribution in [2.75, 3.05) is 38.6 Å². The maximum Gasteiger partial charge on any atom is 0.230 e. The van der Waals surface area contributed by atoms with Gasteiger partial charge in [0.2, 0.25) is 11.1 Å². The van der Waals surface area contributed by atoms with Crippen LogP contribution in [0.4, 0.5) is 0 Å². The number of ether oxygens (including phenoxy) is 1. The molecule has 1 aromatic heterocycles. The maximum atomic E-state index is 12.6. The van der Waals surface area contributed by atoms with E-state index in [1.165, 1.54) is 56.7 Å². The number of nitrogens with one attached hydrogen (secondary N) is 1. The van der Waals surface area contributed by atoms with Crippen LogP contribution < -0.4 is 5.32 Å². The molecule has 1 aliphatic heterocycles. The Labute approximate surface area is 171 Å². The molecule has 1 aromatic rings. The lowest BCUT2D eigenvalue weighted by Crippen LogP contribution is -2.59. The van der Waals surface area contributed by atoms with Gasteiger partial charge < -0.3 is 10.1 Å². The first-order chi connectivity index (χ1) is 13.8. The van der Waals surface area contributed by atoms with Crippen molar-refractivity contribution in [1.82, 2.24) is 30.4 Å². The molecule has 4 rings (SSSR count). The highest BCUT2D eigenvalue weighted by molar-refractivity contribution is 7.99. The van der Waals surface area contributed by atoms with Crippen LogP contribution in [0.5, 0.6) is 0 Å². The van der Waals surface area contributed by atoms with Crippen LogP contribution in [-0.4, -0.2) is 75.2 Å². The van der Waals surface area contributed by atoms with E-state index in [0.29, 0.717) is 11.8 Å². The third-order valence-electron chi connectivity index (χ3n) is 6.55. The second-order valence-electron chi connectivity index (χ2n) is 8.29. The van der Waals surface area contributed by atoms with Gasteiger partial charge in [-0.15, -0.1) is 5.10 Å². The van der Waals surface area contributed by atoms with Gasteiger partial charge in [-0.2, -0.15) is 0 Å². The first-order valence-electron chi connectivity index (χ1n) is 10.8. The minimum absolute atomic E-state index is 0.0733. The summed E-state index contributed by atoms with van der Waals surface area (Å²) >= 11 is 1.45. The first-order valence-corrected chi connectivity index (χ1v) is 11.8. The average Bonchev–Trinajstić information content (AvgIpc) is 3.43. The van der Waals surface area contributed by atoms with Crippen molar-refractivity contribution in [3.05, 3.63) is 0 Å². The molecule has 2 saturated carbocycles. The third kappa shape index (κ3) is 4.68. The third-order valence-corrected chi connectivity index (χ3v) is 7.48. The van der Waals surface area contributed by atoms with E-state index < -0.39 is 0 Å². The van der Waals surface area contributed by atoms with Gasteiger partial charge >= 0.3 is 0 Å². The number of carbonyl (C=O) groups excluding carboxylic acids is 1. The van der Waals surface area contributed by atoms with Crippen molar-refractivity contribution in [3.8, 4) is 0 Å². The number of thioether (sulfide) groups is 1. The monoisotopic (exact) mass is 408 g/mol. The Kier molecular flexibility index (Phi) is 6.85. The summed E-state index contributed by atoms with van der Waals surface area (Å²) in [5, 5.41) is 16.1. The van der Waals surface area contributed by atoms with Gasteiger partial charge in [-0.25, -0.2) is 4.68 Å². The van der Waals surface area contributed by atoms with E-state index in [2.05, 4.69) is 25.7 Å². The summed E-state index contributed by atoms with van der Waals surface area (Å²) in [6.45, 7) is 4.28. The van der Waals surface area contributed by atoms with Crippen molar-refractivity contribution in [2.45, 2.75) is 74.5 Å². The molecule has 0 spiro atoms. The van der Waals surface area contributed by atoms with Crippen LogP contribution in [0.2, 0.25) is 0 Å². The lowest BCUT2D eigenvalue weighted by Gasteiger charge is -2.48. The Balaban J connectivity index is 1.30. The van der Waals surface area contributed by atoms with Gasteiger partial charge in [0.25, 0.3) is 0 Å². The molecule has 3 fully saturated rings. The summed E-state index contributed by atoms with van der Waals surface area (Å²) in [7, 11) is 0. The second-order valence-corrected chi connectivity index (χ2v) is 9.24. The number of amides is 1. The first kappa shape index (κ1) is 20.1. The zero-order chi connectivity index (χ0) is 19.2. The van der Waals surface area contributed by atoms with Crippen LogP contribution in [0, 0.1) is 0 Å². The van der Waals surface area contributed by atoms with Crippen LogP contribution >= 0.6 is 11.8 Å². The molecule has 1 saturated heterocycles. The maximum absolute atomic E-state index is 12.6. The summed E-state index contributed by atoms with van der Waals surface area (Å²) in [4.78, 5) is 15.1. The van der Waals surface area contributed by atoms with E-state index in [0.717, 1.165) is 50.8 Å². The SMILES string of the molecule is O=C(CSc1nnnn1C1CCCC1)NCC1(N2CCOCC2)CCCCC1. The van der Waals surface area contributed by atoms with Crippen molar-refractivity contribution in [3.63, 3.8) is 0 Å². The smallest absolute Gasteiger partial charge is 0.230 e. The van der Waals surface area contributed by atoms with E-state index in [-0.39, 0.29) is 11.4 Å². The molecule has 28 heavy (non-hydrogen) atoms. The fourth-order valence-electron chi connectivity index (χ4n) is 4.96. The van der Waals surface area contributed by atoms with Gasteiger partial charge in [0.15, 0.2) is 0 Å². The van der Waals surface area contributed by atoms with Crippen LogP contribution in [0.1, 0.15) is 63.8 Å². The van der Waals surface area contributed by atoms with Gasteiger partial charge in [-0.1, -0.05) is 43.9 Å². The predicted octanol–water partition coefficient (Wildman–Crippen LogP) is 2.03. The fourth-order valence-corrected chi connectivity index (χ4v) is 5.73. The number of carbonyl (C=O) groups is 1. The van der Waals surface area contributed by atoms with Crippen molar-refractivity contribution < 1.29 is 9.53 Å². The quantitative estimate of drug-likeness (QED) is 0.691. The number of tetrazole rings is 1. The highest BCUT2D eigenvalue weighted by Gasteiger charge is 2.38. The normalized spacial score (nSPS) is 23.7. The fraction of sp³-hybridized carbons (Fsp3) is 0.895. The Morgan fingerprint density at radius 3 is 2.64 bits per heavy atom. The van der Waals surface area contributed by atoms with Crippen molar-refractivity contribution >= 4 is 17.7 Å². The standard InChI is InChI=1S/C19H32N6O2S/c26-17(14-28-18-21-22-23-25(18)16-6-2-3-7-16)20-15-19(8-4-1-5-9-19)24-10-12-27-13-11-24/h16H,1-15H2,(H,20,26). The molecular formula is C19H32N6O2S. The molecule has 1 N–H and O–H groups in total. The molecule has 8 nitrogen and oxygen atoms in total. The van der Waals surface area contributed by atoms with Gasteiger partial charge in [-0.3, -0.25) is 9.69 Å². The lowest BCUT2D eigenvalue weighted by molar-refractivity contribution is -0.119. The Morgan fingerprint density at radius 1 is 1.14 bits per heavy atom. The molecule has 156 valence electrons. The Hall–Kier alpha value is -1.19. The molecule has 0 unspecified atom stereocenters. The Morgan fingerprint density at radius 2 is 1.89 bits per heavy atom.